The van der Waals surface area contributed by atoms with Crippen LogP contribution < -0.4 is 10.2 Å². The maximum Gasteiger partial charge on any atom is 0.128 e. The number of piperazine rings is 1. The zero-order valence-corrected chi connectivity index (χ0v) is 13.6. The first-order chi connectivity index (χ1) is 10.0. The maximum absolute atomic E-state index is 4.57. The molecule has 0 radical (unpaired) electrons. The van der Waals surface area contributed by atoms with Crippen molar-refractivity contribution in [3.63, 3.8) is 0 Å². The second-order valence-electron chi connectivity index (χ2n) is 7.32. The fraction of sp³-hybridized carbons (Fsp3) is 0.706. The van der Waals surface area contributed by atoms with E-state index in [4.69, 9.17) is 0 Å². The van der Waals surface area contributed by atoms with Gasteiger partial charge in [-0.05, 0) is 51.3 Å². The van der Waals surface area contributed by atoms with Crippen molar-refractivity contribution in [2.24, 2.45) is 0 Å². The fourth-order valence-electron chi connectivity index (χ4n) is 2.90. The maximum atomic E-state index is 4.57. The molecule has 0 aromatic carbocycles. The van der Waals surface area contributed by atoms with Crippen LogP contribution in [-0.4, -0.2) is 47.6 Å². The minimum Gasteiger partial charge on any atom is -0.354 e. The molecule has 2 fully saturated rings. The van der Waals surface area contributed by atoms with Gasteiger partial charge in [0.05, 0.1) is 0 Å². The van der Waals surface area contributed by atoms with E-state index < -0.39 is 0 Å². The second kappa shape index (κ2) is 5.93. The minimum absolute atomic E-state index is 0.273. The summed E-state index contributed by atoms with van der Waals surface area (Å²) in [4.78, 5) is 9.55. The largest absolute Gasteiger partial charge is 0.354 e. The van der Waals surface area contributed by atoms with Gasteiger partial charge in [-0.15, -0.1) is 0 Å². The Bertz CT molecular complexity index is 468. The predicted molar refractivity (Wildman–Crippen MR) is 87.6 cm³/mol. The van der Waals surface area contributed by atoms with Crippen molar-refractivity contribution < 1.29 is 0 Å². The van der Waals surface area contributed by atoms with E-state index >= 15 is 0 Å². The number of hydrogen-bond acceptors (Lipinski definition) is 4. The summed E-state index contributed by atoms with van der Waals surface area (Å²) in [5, 5.41) is 3.58. The number of anilines is 1. The third-order valence-electron chi connectivity index (χ3n) is 4.53. The van der Waals surface area contributed by atoms with Gasteiger partial charge in [-0.2, -0.15) is 0 Å². The smallest absolute Gasteiger partial charge is 0.128 e. The third-order valence-corrected chi connectivity index (χ3v) is 4.53. The Morgan fingerprint density at radius 1 is 1.19 bits per heavy atom. The molecule has 1 saturated heterocycles. The summed E-state index contributed by atoms with van der Waals surface area (Å²) in [6, 6.07) is 5.14. The predicted octanol–water partition coefficient (Wildman–Crippen LogP) is 2.25. The fourth-order valence-corrected chi connectivity index (χ4v) is 2.90. The molecular weight excluding hydrogens is 260 g/mol. The van der Waals surface area contributed by atoms with E-state index in [9.17, 15) is 0 Å². The highest BCUT2D eigenvalue weighted by Gasteiger charge is 2.26. The van der Waals surface area contributed by atoms with Crippen LogP contribution in [0.1, 0.15) is 39.2 Å². The van der Waals surface area contributed by atoms with E-state index in [0.29, 0.717) is 0 Å². The van der Waals surface area contributed by atoms with E-state index in [1.54, 1.807) is 0 Å². The number of nitrogens with zero attached hydrogens (tertiary/aromatic N) is 3. The Hall–Kier alpha value is -1.13. The molecule has 1 aromatic rings. The Morgan fingerprint density at radius 2 is 1.90 bits per heavy atom. The molecule has 0 unspecified atom stereocenters. The molecule has 4 heteroatoms. The van der Waals surface area contributed by atoms with Crippen LogP contribution >= 0.6 is 0 Å². The molecule has 4 nitrogen and oxygen atoms in total. The van der Waals surface area contributed by atoms with Gasteiger partial charge in [-0.25, -0.2) is 4.98 Å². The van der Waals surface area contributed by atoms with Gasteiger partial charge in [0.15, 0.2) is 0 Å². The second-order valence-corrected chi connectivity index (χ2v) is 7.32. The molecule has 21 heavy (non-hydrogen) atoms. The zero-order valence-electron chi connectivity index (χ0n) is 13.6. The standard InChI is InChI=1S/C17H28N4/c1-17(2,3)21-10-8-20(9-11-21)16-12-14(6-7-18-16)13-19-15-4-5-15/h6-7,12,15,19H,4-5,8-11,13H2,1-3H3. The molecule has 1 aromatic heterocycles. The average Bonchev–Trinajstić information content (AvgIpc) is 3.29. The minimum atomic E-state index is 0.273. The monoisotopic (exact) mass is 288 g/mol. The van der Waals surface area contributed by atoms with Crippen molar-refractivity contribution in [1.29, 1.82) is 0 Å². The van der Waals surface area contributed by atoms with Crippen LogP contribution in [0.25, 0.3) is 0 Å². The normalized spacial score (nSPS) is 20.8. The first kappa shape index (κ1) is 14.8. The van der Waals surface area contributed by atoms with Crippen molar-refractivity contribution in [2.45, 2.75) is 51.7 Å². The van der Waals surface area contributed by atoms with Crippen molar-refractivity contribution in [3.05, 3.63) is 23.9 Å². The van der Waals surface area contributed by atoms with Gasteiger partial charge in [0.1, 0.15) is 5.82 Å². The summed E-state index contributed by atoms with van der Waals surface area (Å²) < 4.78 is 0. The van der Waals surface area contributed by atoms with Crippen LogP contribution in [0.15, 0.2) is 18.3 Å². The molecule has 0 atom stereocenters. The van der Waals surface area contributed by atoms with E-state index in [1.807, 2.05) is 6.20 Å². The van der Waals surface area contributed by atoms with Crippen molar-refractivity contribution >= 4 is 5.82 Å². The summed E-state index contributed by atoms with van der Waals surface area (Å²) >= 11 is 0. The van der Waals surface area contributed by atoms with E-state index in [-0.39, 0.29) is 5.54 Å². The van der Waals surface area contributed by atoms with Gasteiger partial charge in [0.25, 0.3) is 0 Å². The highest BCUT2D eigenvalue weighted by atomic mass is 15.3. The number of aromatic nitrogens is 1. The SMILES string of the molecule is CC(C)(C)N1CCN(c2cc(CNC3CC3)ccn2)CC1. The first-order valence-corrected chi connectivity index (χ1v) is 8.21. The van der Waals surface area contributed by atoms with Gasteiger partial charge < -0.3 is 10.2 Å². The molecule has 0 spiro atoms. The van der Waals surface area contributed by atoms with Gasteiger partial charge >= 0.3 is 0 Å². The first-order valence-electron chi connectivity index (χ1n) is 8.21. The van der Waals surface area contributed by atoms with Crippen molar-refractivity contribution in [3.8, 4) is 0 Å². The molecule has 0 amide bonds. The summed E-state index contributed by atoms with van der Waals surface area (Å²) in [6.45, 7) is 12.3. The van der Waals surface area contributed by atoms with Crippen molar-refractivity contribution in [2.75, 3.05) is 31.1 Å². The molecule has 1 aliphatic heterocycles. The van der Waals surface area contributed by atoms with Gasteiger partial charge in [0, 0.05) is 50.5 Å². The van der Waals surface area contributed by atoms with E-state index in [2.05, 4.69) is 53.0 Å². The summed E-state index contributed by atoms with van der Waals surface area (Å²) in [5.41, 5.74) is 1.63. The Balaban J connectivity index is 1.58. The van der Waals surface area contributed by atoms with E-state index in [0.717, 1.165) is 44.6 Å². The van der Waals surface area contributed by atoms with E-state index in [1.165, 1.54) is 18.4 Å². The molecule has 1 aliphatic carbocycles. The number of hydrogen-bond donors (Lipinski definition) is 1. The molecule has 1 N–H and O–H groups in total. The van der Waals surface area contributed by atoms with Gasteiger partial charge in [-0.1, -0.05) is 0 Å². The van der Waals surface area contributed by atoms with Gasteiger partial charge in [-0.3, -0.25) is 4.90 Å². The van der Waals surface area contributed by atoms with Crippen molar-refractivity contribution in [1.82, 2.24) is 15.2 Å². The average molecular weight is 288 g/mol. The molecule has 0 bridgehead atoms. The van der Waals surface area contributed by atoms with Crippen LogP contribution in [0.4, 0.5) is 5.82 Å². The summed E-state index contributed by atoms with van der Waals surface area (Å²) in [5.74, 6) is 1.14. The lowest BCUT2D eigenvalue weighted by atomic mass is 10.0. The Kier molecular flexibility index (Phi) is 4.18. The van der Waals surface area contributed by atoms with Crippen LogP contribution in [0.3, 0.4) is 0 Å². The molecular formula is C17H28N4. The van der Waals surface area contributed by atoms with Crippen LogP contribution in [0, 0.1) is 0 Å². The molecule has 2 heterocycles. The zero-order chi connectivity index (χ0) is 14.9. The van der Waals surface area contributed by atoms with Crippen LogP contribution in [0.2, 0.25) is 0 Å². The molecule has 1 saturated carbocycles. The number of rotatable bonds is 4. The molecule has 2 aliphatic rings. The lowest BCUT2D eigenvalue weighted by Crippen LogP contribution is -2.53. The molecule has 116 valence electrons. The van der Waals surface area contributed by atoms with Gasteiger partial charge in [0.2, 0.25) is 0 Å². The third kappa shape index (κ3) is 3.95. The Morgan fingerprint density at radius 3 is 2.52 bits per heavy atom. The lowest BCUT2D eigenvalue weighted by Gasteiger charge is -2.42. The number of nitrogens with one attached hydrogen (secondary N) is 1. The lowest BCUT2D eigenvalue weighted by molar-refractivity contribution is 0.128. The highest BCUT2D eigenvalue weighted by Crippen LogP contribution is 2.21. The van der Waals surface area contributed by atoms with Crippen LogP contribution in [0.5, 0.6) is 0 Å². The number of pyridine rings is 1. The summed E-state index contributed by atoms with van der Waals surface area (Å²) in [6.07, 6.45) is 4.63. The Labute approximate surface area is 128 Å². The summed E-state index contributed by atoms with van der Waals surface area (Å²) in [7, 11) is 0. The highest BCUT2D eigenvalue weighted by molar-refractivity contribution is 5.41. The topological polar surface area (TPSA) is 31.4 Å². The van der Waals surface area contributed by atoms with Crippen LogP contribution in [-0.2, 0) is 6.54 Å². The molecule has 3 rings (SSSR count). The quantitative estimate of drug-likeness (QED) is 0.921.